The number of carbonyl (C=O) groups is 3. The summed E-state index contributed by atoms with van der Waals surface area (Å²) in [7, 11) is -4.04. The molecule has 1 atom stereocenters. The van der Waals surface area contributed by atoms with Gasteiger partial charge in [-0.05, 0) is 50.3 Å². The van der Waals surface area contributed by atoms with Crippen LogP contribution in [0.5, 0.6) is 0 Å². The largest absolute Gasteiger partial charge is 0.447 e. The van der Waals surface area contributed by atoms with Crippen LogP contribution in [0.25, 0.3) is 0 Å². The molecule has 4 amide bonds. The number of piperazine rings is 1. The predicted octanol–water partition coefficient (Wildman–Crippen LogP) is 0.557. The fraction of sp³-hybridized carbons (Fsp3) is 0.500. The first-order valence-electron chi connectivity index (χ1n) is 13.5. The number of ether oxygens (including phenoxy) is 1. The van der Waals surface area contributed by atoms with Crippen LogP contribution in [-0.2, 0) is 32.6 Å². The van der Waals surface area contributed by atoms with Gasteiger partial charge < -0.3 is 20.3 Å². The van der Waals surface area contributed by atoms with E-state index in [1.165, 1.54) is 28.4 Å². The molecule has 4 N–H and O–H groups in total. The minimum atomic E-state index is -4.04. The van der Waals surface area contributed by atoms with Crippen molar-refractivity contribution in [3.63, 3.8) is 0 Å². The van der Waals surface area contributed by atoms with Crippen molar-refractivity contribution in [1.82, 2.24) is 34.5 Å². The average molecular weight is 589 g/mol. The number of rotatable bonds is 7. The third-order valence-electron chi connectivity index (χ3n) is 7.12. The van der Waals surface area contributed by atoms with Crippen molar-refractivity contribution in [1.29, 1.82) is 0 Å². The lowest BCUT2D eigenvalue weighted by Crippen LogP contribution is -2.55. The Morgan fingerprint density at radius 2 is 1.78 bits per heavy atom. The number of urea groups is 1. The number of fused-ring (bicyclic) bond motifs is 1. The van der Waals surface area contributed by atoms with E-state index >= 15 is 0 Å². The average Bonchev–Trinajstić information content (AvgIpc) is 3.63. The van der Waals surface area contributed by atoms with Crippen molar-refractivity contribution < 1.29 is 27.5 Å². The van der Waals surface area contributed by atoms with E-state index in [1.807, 2.05) is 16.9 Å². The highest BCUT2D eigenvalue weighted by atomic mass is 32.2. The molecule has 5 rings (SSSR count). The van der Waals surface area contributed by atoms with Crippen LogP contribution in [0.3, 0.4) is 0 Å². The number of aromatic nitrogens is 2. The Kier molecular flexibility index (Phi) is 10.4. The first-order chi connectivity index (χ1) is 19.7. The third kappa shape index (κ3) is 8.58. The summed E-state index contributed by atoms with van der Waals surface area (Å²) in [5, 5.41) is 8.63. The van der Waals surface area contributed by atoms with Crippen molar-refractivity contribution in [2.45, 2.75) is 44.7 Å². The topological polar surface area (TPSA) is 175 Å². The SMILES string of the molecule is Cc1nccnc1NC(=O)N1CCN(S(=O)(=O)NC(=O)OCC2CCCN2)CC1.O=CNC1Cc2ccccc2C1. The maximum absolute atomic E-state index is 12.4. The van der Waals surface area contributed by atoms with E-state index in [1.54, 1.807) is 6.92 Å². The fourth-order valence-corrected chi connectivity index (χ4v) is 5.93. The zero-order valence-corrected chi connectivity index (χ0v) is 23.7. The normalized spacial score (nSPS) is 19.0. The minimum Gasteiger partial charge on any atom is -0.447 e. The number of hydrogen-bond donors (Lipinski definition) is 4. The molecule has 2 aliphatic heterocycles. The van der Waals surface area contributed by atoms with E-state index in [0.717, 1.165) is 42.9 Å². The van der Waals surface area contributed by atoms with Crippen LogP contribution in [0.2, 0.25) is 0 Å². The van der Waals surface area contributed by atoms with Crippen LogP contribution in [0.4, 0.5) is 15.4 Å². The number of amides is 4. The quantitative estimate of drug-likeness (QED) is 0.337. The number of nitrogens with zero attached hydrogens (tertiary/aromatic N) is 4. The zero-order chi connectivity index (χ0) is 29.2. The lowest BCUT2D eigenvalue weighted by Gasteiger charge is -2.33. The summed E-state index contributed by atoms with van der Waals surface area (Å²) in [6, 6.07) is 8.33. The molecule has 222 valence electrons. The van der Waals surface area contributed by atoms with Crippen LogP contribution in [0.15, 0.2) is 36.7 Å². The highest BCUT2D eigenvalue weighted by Crippen LogP contribution is 2.21. The zero-order valence-electron chi connectivity index (χ0n) is 22.9. The molecule has 1 aliphatic carbocycles. The number of benzene rings is 1. The second-order valence-corrected chi connectivity index (χ2v) is 11.6. The van der Waals surface area contributed by atoms with Gasteiger partial charge in [-0.15, -0.1) is 0 Å². The monoisotopic (exact) mass is 588 g/mol. The van der Waals surface area contributed by atoms with Crippen LogP contribution in [0, 0.1) is 6.92 Å². The Morgan fingerprint density at radius 1 is 1.10 bits per heavy atom. The van der Waals surface area contributed by atoms with Crippen molar-refractivity contribution in [2.24, 2.45) is 0 Å². The van der Waals surface area contributed by atoms with Gasteiger partial charge >= 0.3 is 22.3 Å². The standard InChI is InChI=1S/C16H25N7O5S.C10H11NO/c1-12-14(19-6-5-17-12)20-15(24)22-7-9-23(10-8-22)29(26,27)21-16(25)28-11-13-3-2-4-18-13;12-7-11-10-5-8-3-1-2-4-9(8)6-10/h5-6,13,18H,2-4,7-11H2,1H3,(H,21,25)(H,19,20,24);1-4,7,10H,5-6H2,(H,11,12). The molecule has 2 saturated heterocycles. The molecule has 0 saturated carbocycles. The lowest BCUT2D eigenvalue weighted by atomic mass is 10.1. The maximum Gasteiger partial charge on any atom is 0.421 e. The molecule has 0 bridgehead atoms. The summed E-state index contributed by atoms with van der Waals surface area (Å²) in [5.74, 6) is 0.355. The van der Waals surface area contributed by atoms with Crippen LogP contribution >= 0.6 is 0 Å². The number of nitrogens with one attached hydrogen (secondary N) is 4. The molecule has 3 heterocycles. The minimum absolute atomic E-state index is 0.0552. The molecular formula is C26H36N8O6S. The van der Waals surface area contributed by atoms with Gasteiger partial charge in [-0.3, -0.25) is 15.1 Å². The molecule has 14 nitrogen and oxygen atoms in total. The Balaban J connectivity index is 0.000000267. The van der Waals surface area contributed by atoms with Crippen molar-refractivity contribution in [3.05, 3.63) is 53.5 Å². The van der Waals surface area contributed by atoms with Crippen LogP contribution in [-0.4, -0.2) is 97.5 Å². The Morgan fingerprint density at radius 3 is 2.39 bits per heavy atom. The summed E-state index contributed by atoms with van der Waals surface area (Å²) in [6.07, 6.45) is 6.63. The summed E-state index contributed by atoms with van der Waals surface area (Å²) in [4.78, 5) is 43.9. The number of aryl methyl sites for hydroxylation is 1. The molecule has 2 fully saturated rings. The molecule has 41 heavy (non-hydrogen) atoms. The lowest BCUT2D eigenvalue weighted by molar-refractivity contribution is -0.110. The highest BCUT2D eigenvalue weighted by molar-refractivity contribution is 7.87. The van der Waals surface area contributed by atoms with Gasteiger partial charge in [-0.25, -0.2) is 19.3 Å². The first-order valence-corrected chi connectivity index (χ1v) is 15.0. The highest BCUT2D eigenvalue weighted by Gasteiger charge is 2.31. The van der Waals surface area contributed by atoms with Gasteiger partial charge in [0.05, 0.1) is 5.69 Å². The van der Waals surface area contributed by atoms with Gasteiger partial charge in [0.25, 0.3) is 0 Å². The third-order valence-corrected chi connectivity index (χ3v) is 8.59. The van der Waals surface area contributed by atoms with E-state index in [2.05, 4.69) is 38.1 Å². The van der Waals surface area contributed by atoms with Crippen molar-refractivity contribution in [2.75, 3.05) is 44.6 Å². The molecule has 15 heteroatoms. The number of hydrogen-bond acceptors (Lipinski definition) is 9. The van der Waals surface area contributed by atoms with Gasteiger partial charge in [0.15, 0.2) is 5.82 Å². The summed E-state index contributed by atoms with van der Waals surface area (Å²) in [5.41, 5.74) is 3.33. The molecule has 2 aromatic rings. The smallest absolute Gasteiger partial charge is 0.421 e. The summed E-state index contributed by atoms with van der Waals surface area (Å²) >= 11 is 0. The van der Waals surface area contributed by atoms with E-state index in [4.69, 9.17) is 4.74 Å². The van der Waals surface area contributed by atoms with Gasteiger partial charge in [0.2, 0.25) is 6.41 Å². The Labute approximate surface area is 239 Å². The molecule has 1 aromatic carbocycles. The van der Waals surface area contributed by atoms with E-state index in [-0.39, 0.29) is 44.9 Å². The van der Waals surface area contributed by atoms with E-state index in [9.17, 15) is 22.8 Å². The number of carbonyl (C=O) groups excluding carboxylic acids is 3. The molecule has 1 unspecified atom stereocenters. The Bertz CT molecular complexity index is 1290. The molecule has 1 aromatic heterocycles. The van der Waals surface area contributed by atoms with Crippen LogP contribution in [0.1, 0.15) is 29.7 Å². The summed E-state index contributed by atoms with van der Waals surface area (Å²) in [6.45, 7) is 3.17. The second kappa shape index (κ2) is 14.2. The van der Waals surface area contributed by atoms with Gasteiger partial charge in [-0.2, -0.15) is 12.7 Å². The van der Waals surface area contributed by atoms with Gasteiger partial charge in [0.1, 0.15) is 6.61 Å². The Hall–Kier alpha value is -3.82. The molecule has 3 aliphatic rings. The molecular weight excluding hydrogens is 552 g/mol. The van der Waals surface area contributed by atoms with Crippen LogP contribution < -0.4 is 20.7 Å². The van der Waals surface area contributed by atoms with Crippen molar-refractivity contribution >= 4 is 34.6 Å². The van der Waals surface area contributed by atoms with E-state index in [0.29, 0.717) is 17.6 Å². The van der Waals surface area contributed by atoms with Crippen molar-refractivity contribution in [3.8, 4) is 0 Å². The predicted molar refractivity (Wildman–Crippen MR) is 150 cm³/mol. The summed E-state index contributed by atoms with van der Waals surface area (Å²) < 4.78 is 32.7. The molecule has 0 radical (unpaired) electrons. The first kappa shape index (κ1) is 30.1. The number of anilines is 1. The molecule has 0 spiro atoms. The second-order valence-electron chi connectivity index (χ2n) is 9.96. The van der Waals surface area contributed by atoms with Gasteiger partial charge in [0, 0.05) is 50.7 Å². The van der Waals surface area contributed by atoms with E-state index < -0.39 is 16.3 Å². The fourth-order valence-electron chi connectivity index (χ4n) is 4.89. The van der Waals surface area contributed by atoms with Gasteiger partial charge in [-0.1, -0.05) is 24.3 Å². The maximum atomic E-state index is 12.4.